The number of carbonyl (C=O) groups is 2. The highest BCUT2D eigenvalue weighted by Gasteiger charge is 2.19. The van der Waals surface area contributed by atoms with Crippen LogP contribution in [0.5, 0.6) is 11.5 Å². The van der Waals surface area contributed by atoms with Gasteiger partial charge in [-0.1, -0.05) is 12.1 Å². The summed E-state index contributed by atoms with van der Waals surface area (Å²) in [5, 5.41) is 4.43. The van der Waals surface area contributed by atoms with Gasteiger partial charge in [0.15, 0.2) is 0 Å². The molecule has 25 heavy (non-hydrogen) atoms. The lowest BCUT2D eigenvalue weighted by Gasteiger charge is -2.13. The van der Waals surface area contributed by atoms with Gasteiger partial charge in [-0.3, -0.25) is 9.59 Å². The number of hydrogen-bond donors (Lipinski definition) is 2. The van der Waals surface area contributed by atoms with Gasteiger partial charge in [0.05, 0.1) is 20.8 Å². The van der Waals surface area contributed by atoms with Gasteiger partial charge in [-0.2, -0.15) is 0 Å². The first-order valence-electron chi connectivity index (χ1n) is 7.21. The average molecular weight is 350 g/mol. The number of amides is 2. The molecule has 2 N–H and O–H groups in total. The molecule has 0 unspecified atom stereocenters. The number of hydrogen-bond acceptors (Lipinski definition) is 4. The Bertz CT molecular complexity index is 754. The summed E-state index contributed by atoms with van der Waals surface area (Å²) in [5.74, 6) is -2.71. The summed E-state index contributed by atoms with van der Waals surface area (Å²) in [6, 6.07) is 7.96. The van der Waals surface area contributed by atoms with Gasteiger partial charge < -0.3 is 20.1 Å². The Morgan fingerprint density at radius 1 is 0.960 bits per heavy atom. The van der Waals surface area contributed by atoms with Gasteiger partial charge in [0.25, 0.3) is 5.91 Å². The van der Waals surface area contributed by atoms with Gasteiger partial charge >= 0.3 is 0 Å². The van der Waals surface area contributed by atoms with Gasteiger partial charge in [0.1, 0.15) is 34.4 Å². The molecule has 0 aromatic heterocycles. The Morgan fingerprint density at radius 2 is 1.48 bits per heavy atom. The topological polar surface area (TPSA) is 76.7 Å². The van der Waals surface area contributed by atoms with E-state index >= 15 is 0 Å². The van der Waals surface area contributed by atoms with E-state index in [1.165, 1.54) is 20.3 Å². The number of halogens is 2. The highest BCUT2D eigenvalue weighted by Crippen LogP contribution is 2.27. The van der Waals surface area contributed by atoms with E-state index in [9.17, 15) is 18.4 Å². The predicted molar refractivity (Wildman–Crippen MR) is 86.9 cm³/mol. The van der Waals surface area contributed by atoms with Crippen molar-refractivity contribution >= 4 is 17.5 Å². The van der Waals surface area contributed by atoms with Crippen molar-refractivity contribution in [2.24, 2.45) is 0 Å². The molecule has 0 bridgehead atoms. The molecule has 0 fully saturated rings. The molecule has 0 aliphatic carbocycles. The second kappa shape index (κ2) is 8.09. The predicted octanol–water partition coefficient (Wildman–Crippen LogP) is 2.35. The number of ether oxygens (including phenoxy) is 2. The summed E-state index contributed by atoms with van der Waals surface area (Å²) < 4.78 is 37.2. The zero-order valence-electron chi connectivity index (χ0n) is 13.6. The van der Waals surface area contributed by atoms with Crippen LogP contribution in [0.15, 0.2) is 36.4 Å². The Morgan fingerprint density at radius 3 is 2.00 bits per heavy atom. The Hall–Kier alpha value is -3.16. The van der Waals surface area contributed by atoms with E-state index < -0.39 is 35.7 Å². The second-order valence-electron chi connectivity index (χ2n) is 4.87. The number of methoxy groups -OCH3 is 2. The van der Waals surface area contributed by atoms with E-state index in [0.29, 0.717) is 0 Å². The van der Waals surface area contributed by atoms with E-state index in [0.717, 1.165) is 12.1 Å². The largest absolute Gasteiger partial charge is 0.496 e. The maximum absolute atomic E-state index is 13.5. The molecule has 0 spiro atoms. The normalized spacial score (nSPS) is 10.1. The van der Waals surface area contributed by atoms with Gasteiger partial charge in [0.2, 0.25) is 5.91 Å². The standard InChI is InChI=1S/C17H16F2N2O4/c1-24-12-7-4-8-13(25-2)15(12)17(23)20-9-14(22)21-16-10(18)5-3-6-11(16)19/h3-8H,9H2,1-2H3,(H,20,23)(H,21,22). The van der Waals surface area contributed by atoms with Crippen LogP contribution in [0.4, 0.5) is 14.5 Å². The molecule has 2 rings (SSSR count). The number of rotatable bonds is 6. The summed E-state index contributed by atoms with van der Waals surface area (Å²) in [5.41, 5.74) is -0.464. The maximum atomic E-state index is 13.5. The molecule has 0 saturated heterocycles. The van der Waals surface area contributed by atoms with Crippen molar-refractivity contribution in [2.75, 3.05) is 26.1 Å². The van der Waals surface area contributed by atoms with Gasteiger partial charge in [-0.05, 0) is 24.3 Å². The van der Waals surface area contributed by atoms with Crippen molar-refractivity contribution in [3.05, 3.63) is 53.6 Å². The molecule has 0 aliphatic heterocycles. The molecule has 0 radical (unpaired) electrons. The SMILES string of the molecule is COc1cccc(OC)c1C(=O)NCC(=O)Nc1c(F)cccc1F. The van der Waals surface area contributed by atoms with Gasteiger partial charge in [-0.25, -0.2) is 8.78 Å². The third-order valence-corrected chi connectivity index (χ3v) is 3.29. The first-order chi connectivity index (χ1) is 12.0. The first-order valence-corrected chi connectivity index (χ1v) is 7.21. The third-order valence-electron chi connectivity index (χ3n) is 3.29. The fraction of sp³-hybridized carbons (Fsp3) is 0.176. The molecule has 2 amide bonds. The van der Waals surface area contributed by atoms with Crippen LogP contribution in [0.1, 0.15) is 10.4 Å². The van der Waals surface area contributed by atoms with Crippen molar-refractivity contribution in [1.82, 2.24) is 5.32 Å². The highest BCUT2D eigenvalue weighted by molar-refractivity contribution is 6.02. The minimum atomic E-state index is -0.911. The molecular weight excluding hydrogens is 334 g/mol. The minimum Gasteiger partial charge on any atom is -0.496 e. The van der Waals surface area contributed by atoms with E-state index in [-0.39, 0.29) is 17.1 Å². The molecule has 0 atom stereocenters. The molecule has 132 valence electrons. The number of nitrogens with one attached hydrogen (secondary N) is 2. The van der Waals surface area contributed by atoms with Crippen molar-refractivity contribution in [1.29, 1.82) is 0 Å². The maximum Gasteiger partial charge on any atom is 0.259 e. The Labute approximate surface area is 142 Å². The lowest BCUT2D eigenvalue weighted by Crippen LogP contribution is -2.33. The zero-order valence-corrected chi connectivity index (χ0v) is 13.6. The van der Waals surface area contributed by atoms with Crippen molar-refractivity contribution in [3.63, 3.8) is 0 Å². The van der Waals surface area contributed by atoms with Crippen LogP contribution >= 0.6 is 0 Å². The smallest absolute Gasteiger partial charge is 0.259 e. The van der Waals surface area contributed by atoms with E-state index in [4.69, 9.17) is 9.47 Å². The lowest BCUT2D eigenvalue weighted by atomic mass is 10.1. The lowest BCUT2D eigenvalue weighted by molar-refractivity contribution is -0.115. The summed E-state index contributed by atoms with van der Waals surface area (Å²) >= 11 is 0. The highest BCUT2D eigenvalue weighted by atomic mass is 19.1. The van der Waals surface area contributed by atoms with E-state index in [1.54, 1.807) is 18.2 Å². The molecule has 6 nitrogen and oxygen atoms in total. The quantitative estimate of drug-likeness (QED) is 0.838. The van der Waals surface area contributed by atoms with Crippen molar-refractivity contribution in [3.8, 4) is 11.5 Å². The van der Waals surface area contributed by atoms with Gasteiger partial charge in [-0.15, -0.1) is 0 Å². The van der Waals surface area contributed by atoms with Crippen molar-refractivity contribution < 1.29 is 27.8 Å². The fourth-order valence-electron chi connectivity index (χ4n) is 2.12. The number of benzene rings is 2. The van der Waals surface area contributed by atoms with E-state index in [1.807, 2.05) is 0 Å². The first kappa shape index (κ1) is 18.2. The Kier molecular flexibility index (Phi) is 5.89. The molecule has 0 aliphatic rings. The van der Waals surface area contributed by atoms with Crippen LogP contribution in [0.2, 0.25) is 0 Å². The van der Waals surface area contributed by atoms with Crippen LogP contribution < -0.4 is 20.1 Å². The summed E-state index contributed by atoms with van der Waals surface area (Å²) in [4.78, 5) is 24.1. The van der Waals surface area contributed by atoms with Crippen LogP contribution in [-0.4, -0.2) is 32.6 Å². The number of para-hydroxylation sites is 1. The molecule has 2 aromatic carbocycles. The Balaban J connectivity index is 2.07. The molecule has 0 heterocycles. The summed E-state index contributed by atoms with van der Waals surface area (Å²) in [7, 11) is 2.78. The molecular formula is C17H16F2N2O4. The number of carbonyl (C=O) groups excluding carboxylic acids is 2. The monoisotopic (exact) mass is 350 g/mol. The second-order valence-corrected chi connectivity index (χ2v) is 4.87. The molecule has 2 aromatic rings. The third kappa shape index (κ3) is 4.23. The molecule has 8 heteroatoms. The van der Waals surface area contributed by atoms with Crippen LogP contribution in [0.3, 0.4) is 0 Å². The summed E-state index contributed by atoms with van der Waals surface area (Å²) in [6.07, 6.45) is 0. The minimum absolute atomic E-state index is 0.109. The van der Waals surface area contributed by atoms with Crippen LogP contribution in [0.25, 0.3) is 0 Å². The summed E-state index contributed by atoms with van der Waals surface area (Å²) in [6.45, 7) is -0.492. The fourth-order valence-corrected chi connectivity index (χ4v) is 2.12. The van der Waals surface area contributed by atoms with E-state index in [2.05, 4.69) is 10.6 Å². The average Bonchev–Trinajstić information content (AvgIpc) is 2.62. The van der Waals surface area contributed by atoms with Crippen LogP contribution in [-0.2, 0) is 4.79 Å². The van der Waals surface area contributed by atoms with Crippen molar-refractivity contribution in [2.45, 2.75) is 0 Å². The number of anilines is 1. The van der Waals surface area contributed by atoms with Crippen LogP contribution in [0, 0.1) is 11.6 Å². The van der Waals surface area contributed by atoms with Gasteiger partial charge in [0, 0.05) is 0 Å². The molecule has 0 saturated carbocycles. The zero-order chi connectivity index (χ0) is 18.4.